The van der Waals surface area contributed by atoms with Crippen LogP contribution in [0.2, 0.25) is 5.02 Å². The lowest BCUT2D eigenvalue weighted by molar-refractivity contribution is -0.140. The Morgan fingerprint density at radius 2 is 1.63 bits per heavy atom. The van der Waals surface area contributed by atoms with Crippen molar-refractivity contribution in [2.24, 2.45) is 0 Å². The third kappa shape index (κ3) is 6.71. The van der Waals surface area contributed by atoms with Crippen LogP contribution in [-0.2, 0) is 9.59 Å². The summed E-state index contributed by atoms with van der Waals surface area (Å²) in [6, 6.07) is 11.4. The van der Waals surface area contributed by atoms with Crippen LogP contribution in [-0.4, -0.2) is 52.8 Å². The highest BCUT2D eigenvalue weighted by atomic mass is 35.5. The first kappa shape index (κ1) is 26.9. The van der Waals surface area contributed by atoms with Gasteiger partial charge in [-0.05, 0) is 80.9 Å². The molecule has 1 aliphatic heterocycles. The Bertz CT molecular complexity index is 1050. The molecule has 2 aromatic rings. The van der Waals surface area contributed by atoms with E-state index in [0.717, 1.165) is 45.3 Å². The fraction of sp³-hybridized carbons (Fsp3) is 0.429. The molecule has 1 amide bonds. The van der Waals surface area contributed by atoms with Gasteiger partial charge in [0.15, 0.2) is 0 Å². The summed E-state index contributed by atoms with van der Waals surface area (Å²) in [6.45, 7) is 7.46. The first-order valence-electron chi connectivity index (χ1n) is 12.4. The molecule has 0 spiro atoms. The minimum Gasteiger partial charge on any atom is -0.507 e. The van der Waals surface area contributed by atoms with Gasteiger partial charge in [-0.1, -0.05) is 50.4 Å². The average molecular weight is 501 g/mol. The van der Waals surface area contributed by atoms with E-state index in [2.05, 4.69) is 18.7 Å². The molecule has 188 valence electrons. The molecule has 1 unspecified atom stereocenters. The second-order valence-electron chi connectivity index (χ2n) is 8.96. The van der Waals surface area contributed by atoms with E-state index in [9.17, 15) is 19.1 Å². The lowest BCUT2D eigenvalue weighted by Gasteiger charge is -2.27. The molecule has 0 aliphatic carbocycles. The van der Waals surface area contributed by atoms with Crippen LogP contribution in [0.25, 0.3) is 5.76 Å². The maximum absolute atomic E-state index is 14.1. The van der Waals surface area contributed by atoms with Crippen molar-refractivity contribution in [2.75, 3.05) is 26.2 Å². The van der Waals surface area contributed by atoms with E-state index in [-0.39, 0.29) is 11.3 Å². The number of likely N-dealkylation sites (tertiary alicyclic amines) is 1. The summed E-state index contributed by atoms with van der Waals surface area (Å²) in [6.07, 6.45) is 5.12. The Kier molecular flexibility index (Phi) is 9.87. The Hall–Kier alpha value is -2.70. The third-order valence-electron chi connectivity index (χ3n) is 6.35. The minimum atomic E-state index is -0.860. The van der Waals surface area contributed by atoms with Crippen molar-refractivity contribution in [3.8, 4) is 0 Å². The Balaban J connectivity index is 1.91. The van der Waals surface area contributed by atoms with Crippen molar-refractivity contribution in [3.63, 3.8) is 0 Å². The fourth-order valence-corrected chi connectivity index (χ4v) is 4.59. The summed E-state index contributed by atoms with van der Waals surface area (Å²) < 4.78 is 14.1. The van der Waals surface area contributed by atoms with E-state index < -0.39 is 23.5 Å². The number of carbonyl (C=O) groups excluding carboxylic acids is 2. The molecule has 3 rings (SSSR count). The van der Waals surface area contributed by atoms with Gasteiger partial charge < -0.3 is 14.9 Å². The molecule has 1 atom stereocenters. The van der Waals surface area contributed by atoms with Crippen LogP contribution >= 0.6 is 11.6 Å². The molecule has 0 saturated carbocycles. The zero-order valence-corrected chi connectivity index (χ0v) is 21.2. The highest BCUT2D eigenvalue weighted by Gasteiger charge is 2.45. The predicted molar refractivity (Wildman–Crippen MR) is 138 cm³/mol. The number of rotatable bonds is 12. The van der Waals surface area contributed by atoms with Crippen molar-refractivity contribution >= 4 is 29.1 Å². The van der Waals surface area contributed by atoms with E-state index in [0.29, 0.717) is 29.1 Å². The number of hydrogen-bond acceptors (Lipinski definition) is 4. The minimum absolute atomic E-state index is 0.0308. The zero-order valence-electron chi connectivity index (χ0n) is 20.5. The largest absolute Gasteiger partial charge is 0.507 e. The molecule has 2 aromatic carbocycles. The molecule has 0 aromatic heterocycles. The fourth-order valence-electron chi connectivity index (χ4n) is 4.46. The van der Waals surface area contributed by atoms with Gasteiger partial charge in [0.1, 0.15) is 11.6 Å². The Morgan fingerprint density at radius 1 is 1.00 bits per heavy atom. The number of unbranched alkanes of at least 4 members (excludes halogenated alkanes) is 2. The molecule has 35 heavy (non-hydrogen) atoms. The first-order valence-corrected chi connectivity index (χ1v) is 12.8. The number of aliphatic hydroxyl groups excluding tert-OH is 1. The van der Waals surface area contributed by atoms with Gasteiger partial charge in [0, 0.05) is 17.1 Å². The molecular weight excluding hydrogens is 467 g/mol. The van der Waals surface area contributed by atoms with Gasteiger partial charge in [-0.15, -0.1) is 0 Å². The number of carbonyl (C=O) groups is 2. The monoisotopic (exact) mass is 500 g/mol. The smallest absolute Gasteiger partial charge is 0.295 e. The maximum Gasteiger partial charge on any atom is 0.295 e. The molecule has 0 radical (unpaired) electrons. The molecule has 1 N–H and O–H groups in total. The van der Waals surface area contributed by atoms with Crippen molar-refractivity contribution in [1.29, 1.82) is 0 Å². The summed E-state index contributed by atoms with van der Waals surface area (Å²) >= 11 is 5.97. The SMILES string of the molecule is CCCCN(CCCC)CCCN1C(=O)C(=O)/C(=C(\O)c2ccc(Cl)cc2)C1c1cccc(F)c1. The number of Topliss-reactive ketones (excluding diaryl/α,β-unsaturated/α-hetero) is 1. The topological polar surface area (TPSA) is 60.9 Å². The Morgan fingerprint density at radius 3 is 2.23 bits per heavy atom. The van der Waals surface area contributed by atoms with Crippen LogP contribution < -0.4 is 0 Å². The number of aliphatic hydroxyl groups is 1. The average Bonchev–Trinajstić information content (AvgIpc) is 3.10. The molecule has 5 nitrogen and oxygen atoms in total. The van der Waals surface area contributed by atoms with Crippen LogP contribution in [0.5, 0.6) is 0 Å². The van der Waals surface area contributed by atoms with Gasteiger partial charge in [-0.2, -0.15) is 0 Å². The summed E-state index contributed by atoms with van der Waals surface area (Å²) in [5, 5.41) is 11.5. The van der Waals surface area contributed by atoms with Crippen molar-refractivity contribution in [3.05, 3.63) is 76.1 Å². The van der Waals surface area contributed by atoms with E-state index in [1.807, 2.05) is 0 Å². The highest BCUT2D eigenvalue weighted by molar-refractivity contribution is 6.46. The summed E-state index contributed by atoms with van der Waals surface area (Å²) in [4.78, 5) is 30.1. The second-order valence-corrected chi connectivity index (χ2v) is 9.39. The summed E-state index contributed by atoms with van der Waals surface area (Å²) in [5.41, 5.74) is 0.796. The van der Waals surface area contributed by atoms with E-state index in [1.165, 1.54) is 17.0 Å². The van der Waals surface area contributed by atoms with E-state index >= 15 is 0 Å². The Labute approximate surface area is 212 Å². The van der Waals surface area contributed by atoms with E-state index in [1.54, 1.807) is 36.4 Å². The molecular formula is C28H34ClFN2O3. The summed E-state index contributed by atoms with van der Waals surface area (Å²) in [7, 11) is 0. The number of halogens is 2. The second kappa shape index (κ2) is 12.8. The van der Waals surface area contributed by atoms with Crippen LogP contribution in [0.1, 0.15) is 63.1 Å². The lowest BCUT2D eigenvalue weighted by Crippen LogP contribution is -2.34. The van der Waals surface area contributed by atoms with Gasteiger partial charge in [-0.25, -0.2) is 4.39 Å². The van der Waals surface area contributed by atoms with Crippen LogP contribution in [0.4, 0.5) is 4.39 Å². The first-order chi connectivity index (χ1) is 16.9. The van der Waals surface area contributed by atoms with Crippen LogP contribution in [0.15, 0.2) is 54.1 Å². The third-order valence-corrected chi connectivity index (χ3v) is 6.60. The lowest BCUT2D eigenvalue weighted by atomic mass is 9.95. The van der Waals surface area contributed by atoms with E-state index in [4.69, 9.17) is 11.6 Å². The molecule has 0 bridgehead atoms. The highest BCUT2D eigenvalue weighted by Crippen LogP contribution is 2.39. The van der Waals surface area contributed by atoms with Gasteiger partial charge in [-0.3, -0.25) is 9.59 Å². The van der Waals surface area contributed by atoms with Gasteiger partial charge >= 0.3 is 0 Å². The normalized spacial score (nSPS) is 17.5. The van der Waals surface area contributed by atoms with Gasteiger partial charge in [0.25, 0.3) is 11.7 Å². The number of nitrogens with zero attached hydrogens (tertiary/aromatic N) is 2. The standard InChI is InChI=1S/C28H34ClFN2O3/c1-3-5-15-31(16-6-4-2)17-8-18-32-25(21-9-7-10-23(30)19-21)24(27(34)28(32)35)26(33)20-11-13-22(29)14-12-20/h7,9-14,19,25,33H,3-6,8,15-18H2,1-2H3/b26-24-. The molecule has 1 fully saturated rings. The molecule has 1 saturated heterocycles. The number of benzene rings is 2. The van der Waals surface area contributed by atoms with Crippen molar-refractivity contribution in [2.45, 2.75) is 52.0 Å². The predicted octanol–water partition coefficient (Wildman–Crippen LogP) is 6.19. The quantitative estimate of drug-likeness (QED) is 0.214. The molecule has 7 heteroatoms. The maximum atomic E-state index is 14.1. The van der Waals surface area contributed by atoms with Crippen LogP contribution in [0, 0.1) is 5.82 Å². The zero-order chi connectivity index (χ0) is 25.4. The molecule has 1 heterocycles. The van der Waals surface area contributed by atoms with Crippen LogP contribution in [0.3, 0.4) is 0 Å². The van der Waals surface area contributed by atoms with Crippen molar-refractivity contribution < 1.29 is 19.1 Å². The number of amides is 1. The van der Waals surface area contributed by atoms with Gasteiger partial charge in [0.2, 0.25) is 0 Å². The molecule has 1 aliphatic rings. The van der Waals surface area contributed by atoms with Crippen molar-refractivity contribution in [1.82, 2.24) is 9.80 Å². The number of ketones is 1. The van der Waals surface area contributed by atoms with Gasteiger partial charge in [0.05, 0.1) is 11.6 Å². The number of hydrogen-bond donors (Lipinski definition) is 1. The summed E-state index contributed by atoms with van der Waals surface area (Å²) in [5.74, 6) is -2.20.